The number of phenols is 1. The van der Waals surface area contributed by atoms with Crippen molar-refractivity contribution in [1.82, 2.24) is 0 Å². The molecule has 3 rings (SSSR count). The van der Waals surface area contributed by atoms with E-state index < -0.39 is 0 Å². The molecule has 0 aliphatic heterocycles. The zero-order valence-corrected chi connectivity index (χ0v) is 10.1. The molecule has 3 heteroatoms. The summed E-state index contributed by atoms with van der Waals surface area (Å²) in [6.07, 6.45) is 2.31. The highest BCUT2D eigenvalue weighted by Gasteiger charge is 2.24. The largest absolute Gasteiger partial charge is 0.508 e. The minimum Gasteiger partial charge on any atom is -0.508 e. The molecule has 0 fully saturated rings. The summed E-state index contributed by atoms with van der Waals surface area (Å²) in [5.74, 6) is -0.279. The summed E-state index contributed by atoms with van der Waals surface area (Å²) in [7, 11) is 0. The van der Waals surface area contributed by atoms with Crippen LogP contribution < -0.4 is 0 Å². The number of phenolic OH excluding ortho intramolecular Hbond substituents is 1. The molecule has 0 amide bonds. The van der Waals surface area contributed by atoms with Crippen molar-refractivity contribution in [2.24, 2.45) is 0 Å². The maximum absolute atomic E-state index is 12.8. The third kappa shape index (κ3) is 2.15. The molecule has 0 bridgehead atoms. The first-order valence-corrected chi connectivity index (χ1v) is 5.96. The van der Waals surface area contributed by atoms with E-state index in [1.54, 1.807) is 30.3 Å². The highest BCUT2D eigenvalue weighted by atomic mass is 19.1. The highest BCUT2D eigenvalue weighted by Crippen LogP contribution is 2.30. The zero-order chi connectivity index (χ0) is 13.4. The number of carbonyl (C=O) groups is 1. The van der Waals surface area contributed by atoms with Crippen LogP contribution in [0.1, 0.15) is 21.5 Å². The smallest absolute Gasteiger partial charge is 0.189 e. The molecular weight excluding hydrogens is 243 g/mol. The third-order valence-electron chi connectivity index (χ3n) is 3.22. The van der Waals surface area contributed by atoms with Crippen molar-refractivity contribution in [2.45, 2.75) is 6.42 Å². The molecule has 0 saturated carbocycles. The molecule has 0 atom stereocenters. The molecule has 0 unspecified atom stereocenters. The number of halogens is 1. The molecule has 2 nitrogen and oxygen atoms in total. The Balaban J connectivity index is 1.97. The molecule has 0 radical (unpaired) electrons. The van der Waals surface area contributed by atoms with Crippen LogP contribution in [0.25, 0.3) is 6.08 Å². The summed E-state index contributed by atoms with van der Waals surface area (Å²) in [6.45, 7) is 0. The van der Waals surface area contributed by atoms with Crippen molar-refractivity contribution >= 4 is 11.9 Å². The van der Waals surface area contributed by atoms with Crippen molar-refractivity contribution in [3.05, 3.63) is 70.5 Å². The minimum atomic E-state index is -0.298. The van der Waals surface area contributed by atoms with Gasteiger partial charge in [0.15, 0.2) is 5.78 Å². The van der Waals surface area contributed by atoms with Crippen LogP contribution in [0.2, 0.25) is 0 Å². The SMILES string of the molecule is O=C1/C(=C/c2ccc(F)cc2)Cc2ccc(O)cc21. The third-order valence-corrected chi connectivity index (χ3v) is 3.22. The molecule has 0 heterocycles. The summed E-state index contributed by atoms with van der Waals surface area (Å²) in [4.78, 5) is 12.2. The normalized spacial score (nSPS) is 15.8. The molecule has 2 aromatic carbocycles. The Labute approximate surface area is 109 Å². The summed E-state index contributed by atoms with van der Waals surface area (Å²) < 4.78 is 12.8. The lowest BCUT2D eigenvalue weighted by Crippen LogP contribution is -1.95. The number of allylic oxidation sites excluding steroid dienone is 1. The summed E-state index contributed by atoms with van der Waals surface area (Å²) in [5.41, 5.74) is 2.92. The number of Topliss-reactive ketones (excluding diaryl/α,β-unsaturated/α-hetero) is 1. The fourth-order valence-electron chi connectivity index (χ4n) is 2.27. The van der Waals surface area contributed by atoms with E-state index in [9.17, 15) is 14.3 Å². The fourth-order valence-corrected chi connectivity index (χ4v) is 2.27. The van der Waals surface area contributed by atoms with E-state index in [2.05, 4.69) is 0 Å². The maximum Gasteiger partial charge on any atom is 0.189 e. The molecule has 19 heavy (non-hydrogen) atoms. The fraction of sp³-hybridized carbons (Fsp3) is 0.0625. The topological polar surface area (TPSA) is 37.3 Å². The molecular formula is C16H11FO2. The van der Waals surface area contributed by atoms with Crippen molar-refractivity contribution in [3.63, 3.8) is 0 Å². The molecule has 1 aliphatic rings. The number of benzene rings is 2. The highest BCUT2D eigenvalue weighted by molar-refractivity contribution is 6.15. The lowest BCUT2D eigenvalue weighted by Gasteiger charge is -1.97. The van der Waals surface area contributed by atoms with Crippen LogP contribution in [0, 0.1) is 5.82 Å². The van der Waals surface area contributed by atoms with E-state index in [1.165, 1.54) is 18.2 Å². The zero-order valence-electron chi connectivity index (χ0n) is 10.1. The van der Waals surface area contributed by atoms with Gasteiger partial charge in [-0.1, -0.05) is 18.2 Å². The van der Waals surface area contributed by atoms with Gasteiger partial charge in [-0.2, -0.15) is 0 Å². The molecule has 0 aromatic heterocycles. The summed E-state index contributed by atoms with van der Waals surface area (Å²) in [5, 5.41) is 9.41. The minimum absolute atomic E-state index is 0.0739. The first-order chi connectivity index (χ1) is 9.13. The first-order valence-electron chi connectivity index (χ1n) is 5.96. The Hall–Kier alpha value is -2.42. The molecule has 2 aromatic rings. The van der Waals surface area contributed by atoms with Crippen LogP contribution in [-0.2, 0) is 6.42 Å². The Morgan fingerprint density at radius 2 is 1.84 bits per heavy atom. The van der Waals surface area contributed by atoms with Gasteiger partial charge in [0.1, 0.15) is 11.6 Å². The van der Waals surface area contributed by atoms with Crippen LogP contribution in [0.4, 0.5) is 4.39 Å². The first kappa shape index (κ1) is 11.7. The Morgan fingerprint density at radius 1 is 1.11 bits per heavy atom. The van der Waals surface area contributed by atoms with Gasteiger partial charge in [0.05, 0.1) is 0 Å². The van der Waals surface area contributed by atoms with Crippen molar-refractivity contribution in [1.29, 1.82) is 0 Å². The number of rotatable bonds is 1. The Kier molecular flexibility index (Phi) is 2.67. The number of aromatic hydroxyl groups is 1. The van der Waals surface area contributed by atoms with Crippen molar-refractivity contribution < 1.29 is 14.3 Å². The van der Waals surface area contributed by atoms with Crippen molar-refractivity contribution in [3.8, 4) is 5.75 Å². The van der Waals surface area contributed by atoms with Crippen LogP contribution in [0.5, 0.6) is 5.75 Å². The van der Waals surface area contributed by atoms with Gasteiger partial charge in [0, 0.05) is 17.6 Å². The van der Waals surface area contributed by atoms with Gasteiger partial charge < -0.3 is 5.11 Å². The number of fused-ring (bicyclic) bond motifs is 1. The number of ketones is 1. The molecule has 94 valence electrons. The Morgan fingerprint density at radius 3 is 2.58 bits per heavy atom. The van der Waals surface area contributed by atoms with Gasteiger partial charge in [-0.15, -0.1) is 0 Å². The van der Waals surface area contributed by atoms with E-state index in [1.807, 2.05) is 0 Å². The standard InChI is InChI=1S/C16H11FO2/c17-13-4-1-10(2-5-13)7-12-8-11-3-6-14(18)9-15(11)16(12)19/h1-7,9,18H,8H2/b12-7+. The van der Waals surface area contributed by atoms with Crippen LogP contribution in [0.15, 0.2) is 48.0 Å². The predicted octanol–water partition coefficient (Wildman–Crippen LogP) is 3.35. The van der Waals surface area contributed by atoms with Crippen molar-refractivity contribution in [2.75, 3.05) is 0 Å². The molecule has 1 N–H and O–H groups in total. The van der Waals surface area contributed by atoms with Gasteiger partial charge in [-0.25, -0.2) is 4.39 Å². The van der Waals surface area contributed by atoms with E-state index >= 15 is 0 Å². The Bertz CT molecular complexity index is 684. The predicted molar refractivity (Wildman–Crippen MR) is 70.5 cm³/mol. The van der Waals surface area contributed by atoms with E-state index in [4.69, 9.17) is 0 Å². The number of hydrogen-bond donors (Lipinski definition) is 1. The molecule has 0 spiro atoms. The second-order valence-corrected chi connectivity index (χ2v) is 4.57. The van der Waals surface area contributed by atoms with Gasteiger partial charge in [-0.05, 0) is 41.5 Å². The monoisotopic (exact) mass is 254 g/mol. The van der Waals surface area contributed by atoms with E-state index in [0.717, 1.165) is 11.1 Å². The lowest BCUT2D eigenvalue weighted by atomic mass is 10.1. The second-order valence-electron chi connectivity index (χ2n) is 4.57. The van der Waals surface area contributed by atoms with Gasteiger partial charge >= 0.3 is 0 Å². The van der Waals surface area contributed by atoms with Crippen LogP contribution >= 0.6 is 0 Å². The number of hydrogen-bond acceptors (Lipinski definition) is 2. The summed E-state index contributed by atoms with van der Waals surface area (Å²) in [6, 6.07) is 10.8. The molecule has 0 saturated heterocycles. The maximum atomic E-state index is 12.8. The average molecular weight is 254 g/mol. The lowest BCUT2D eigenvalue weighted by molar-refractivity contribution is 0.104. The average Bonchev–Trinajstić information content (AvgIpc) is 2.70. The molecule has 1 aliphatic carbocycles. The second kappa shape index (κ2) is 4.35. The van der Waals surface area contributed by atoms with Crippen LogP contribution in [-0.4, -0.2) is 10.9 Å². The van der Waals surface area contributed by atoms with Gasteiger partial charge in [-0.3, -0.25) is 4.79 Å². The van der Waals surface area contributed by atoms with Gasteiger partial charge in [0.2, 0.25) is 0 Å². The quantitative estimate of drug-likeness (QED) is 0.792. The van der Waals surface area contributed by atoms with E-state index in [0.29, 0.717) is 17.6 Å². The van der Waals surface area contributed by atoms with Gasteiger partial charge in [0.25, 0.3) is 0 Å². The van der Waals surface area contributed by atoms with Crippen LogP contribution in [0.3, 0.4) is 0 Å². The van der Waals surface area contributed by atoms with E-state index in [-0.39, 0.29) is 17.3 Å². The number of carbonyl (C=O) groups excluding carboxylic acids is 1. The summed E-state index contributed by atoms with van der Waals surface area (Å²) >= 11 is 0.